The minimum absolute atomic E-state index is 0.000363. The molecule has 0 aliphatic heterocycles. The van der Waals surface area contributed by atoms with Crippen molar-refractivity contribution < 1.29 is 9.90 Å². The Morgan fingerprint density at radius 3 is 2.68 bits per heavy atom. The monoisotopic (exact) mass is 304 g/mol. The van der Waals surface area contributed by atoms with Gasteiger partial charge in [0.1, 0.15) is 5.52 Å². The second-order valence-corrected chi connectivity index (χ2v) is 6.69. The highest BCUT2D eigenvalue weighted by atomic mass is 16.3. The number of aliphatic hydroxyl groups excluding tert-OH is 1. The van der Waals surface area contributed by atoms with Gasteiger partial charge in [0, 0.05) is 17.7 Å². The van der Waals surface area contributed by atoms with E-state index in [4.69, 9.17) is 0 Å². The molecule has 22 heavy (non-hydrogen) atoms. The van der Waals surface area contributed by atoms with E-state index in [0.717, 1.165) is 5.69 Å². The van der Waals surface area contributed by atoms with Crippen LogP contribution in [0.1, 0.15) is 56.6 Å². The van der Waals surface area contributed by atoms with Crippen LogP contribution in [0.2, 0.25) is 0 Å². The van der Waals surface area contributed by atoms with Gasteiger partial charge >= 0.3 is 0 Å². The third-order valence-electron chi connectivity index (χ3n) is 4.16. The summed E-state index contributed by atoms with van der Waals surface area (Å²) in [6.45, 7) is 9.77. The van der Waals surface area contributed by atoms with E-state index in [9.17, 15) is 9.90 Å². The van der Waals surface area contributed by atoms with Crippen molar-refractivity contribution in [2.24, 2.45) is 5.41 Å². The quantitative estimate of drug-likeness (QED) is 0.790. The number of hydrogen-bond acceptors (Lipinski definition) is 4. The van der Waals surface area contributed by atoms with Crippen LogP contribution in [0.5, 0.6) is 0 Å². The number of rotatable bonds is 5. The van der Waals surface area contributed by atoms with Crippen molar-refractivity contribution >= 4 is 17.1 Å². The average molecular weight is 304 g/mol. The normalized spacial score (nSPS) is 13.6. The lowest BCUT2D eigenvalue weighted by atomic mass is 9.86. The number of aromatic nitrogens is 3. The molecule has 2 rings (SSSR count). The van der Waals surface area contributed by atoms with E-state index in [1.807, 2.05) is 34.6 Å². The van der Waals surface area contributed by atoms with Crippen LogP contribution < -0.4 is 5.32 Å². The van der Waals surface area contributed by atoms with Gasteiger partial charge in [-0.15, -0.1) is 0 Å². The van der Waals surface area contributed by atoms with E-state index in [1.54, 1.807) is 12.4 Å². The maximum absolute atomic E-state index is 12.5. The summed E-state index contributed by atoms with van der Waals surface area (Å²) in [5, 5.41) is 12.3. The van der Waals surface area contributed by atoms with Gasteiger partial charge in [-0.25, -0.2) is 9.97 Å². The standard InChI is InChI=1S/C16H24N4O2/c1-9(2)12-7-18-14-13(20-12)11(6-17-14)15(22)19-10(3)16(4,5)8-21/h6-7,9-10,21H,8H2,1-5H3,(H,17,18)(H,19,22). The van der Waals surface area contributed by atoms with Crippen LogP contribution in [0, 0.1) is 5.41 Å². The predicted octanol–water partition coefficient (Wildman–Crippen LogP) is 2.22. The Kier molecular flexibility index (Phi) is 4.51. The number of aromatic amines is 1. The highest BCUT2D eigenvalue weighted by molar-refractivity contribution is 6.04. The van der Waals surface area contributed by atoms with Gasteiger partial charge in [0.05, 0.1) is 24.1 Å². The Hall–Kier alpha value is -1.95. The van der Waals surface area contributed by atoms with E-state index in [-0.39, 0.29) is 24.5 Å². The molecule has 6 heteroatoms. The van der Waals surface area contributed by atoms with Crippen LogP contribution in [0.4, 0.5) is 0 Å². The number of nitrogens with zero attached hydrogens (tertiary/aromatic N) is 2. The third kappa shape index (κ3) is 3.11. The van der Waals surface area contributed by atoms with Gasteiger partial charge in [-0.3, -0.25) is 4.79 Å². The molecule has 6 nitrogen and oxygen atoms in total. The highest BCUT2D eigenvalue weighted by Gasteiger charge is 2.27. The third-order valence-corrected chi connectivity index (χ3v) is 4.16. The Balaban J connectivity index is 2.30. The average Bonchev–Trinajstić information content (AvgIpc) is 2.89. The second-order valence-electron chi connectivity index (χ2n) is 6.69. The zero-order valence-corrected chi connectivity index (χ0v) is 13.8. The van der Waals surface area contributed by atoms with Gasteiger partial charge in [-0.1, -0.05) is 27.7 Å². The Labute approximate surface area is 130 Å². The van der Waals surface area contributed by atoms with Crippen molar-refractivity contribution in [1.29, 1.82) is 0 Å². The van der Waals surface area contributed by atoms with Crippen molar-refractivity contribution in [2.45, 2.75) is 46.6 Å². The molecular weight excluding hydrogens is 280 g/mol. The topological polar surface area (TPSA) is 90.9 Å². The van der Waals surface area contributed by atoms with E-state index in [2.05, 4.69) is 20.3 Å². The van der Waals surface area contributed by atoms with Gasteiger partial charge in [0.25, 0.3) is 5.91 Å². The first kappa shape index (κ1) is 16.4. The summed E-state index contributed by atoms with van der Waals surface area (Å²) < 4.78 is 0. The molecule has 1 amide bonds. The van der Waals surface area contributed by atoms with E-state index in [1.165, 1.54) is 0 Å². The molecule has 2 heterocycles. The lowest BCUT2D eigenvalue weighted by molar-refractivity contribution is 0.0835. The fraction of sp³-hybridized carbons (Fsp3) is 0.562. The number of nitrogens with one attached hydrogen (secondary N) is 2. The summed E-state index contributed by atoms with van der Waals surface area (Å²) >= 11 is 0. The molecule has 2 aromatic heterocycles. The largest absolute Gasteiger partial charge is 0.396 e. The number of H-pyrrole nitrogens is 1. The number of carbonyl (C=O) groups is 1. The van der Waals surface area contributed by atoms with Crippen molar-refractivity contribution in [3.8, 4) is 0 Å². The molecule has 2 aromatic rings. The van der Waals surface area contributed by atoms with Crippen LogP contribution in [-0.4, -0.2) is 38.6 Å². The molecule has 0 aliphatic carbocycles. The fourth-order valence-corrected chi connectivity index (χ4v) is 1.96. The van der Waals surface area contributed by atoms with Crippen LogP contribution >= 0.6 is 0 Å². The molecule has 120 valence electrons. The summed E-state index contributed by atoms with van der Waals surface area (Å²) in [6, 6.07) is -0.170. The molecule has 1 atom stereocenters. The lowest BCUT2D eigenvalue weighted by Crippen LogP contribution is -2.44. The summed E-state index contributed by atoms with van der Waals surface area (Å²) in [5.74, 6) is 0.0328. The number of carbonyl (C=O) groups excluding carboxylic acids is 1. The summed E-state index contributed by atoms with van der Waals surface area (Å²) in [4.78, 5) is 24.3. The molecule has 0 aliphatic rings. The van der Waals surface area contributed by atoms with Crippen LogP contribution in [0.25, 0.3) is 11.2 Å². The van der Waals surface area contributed by atoms with Gasteiger partial charge in [0.15, 0.2) is 5.65 Å². The molecule has 0 fully saturated rings. The van der Waals surface area contributed by atoms with Gasteiger partial charge in [0.2, 0.25) is 0 Å². The van der Waals surface area contributed by atoms with Crippen molar-refractivity contribution in [3.05, 3.63) is 23.7 Å². The van der Waals surface area contributed by atoms with E-state index in [0.29, 0.717) is 16.7 Å². The Morgan fingerprint density at radius 1 is 1.41 bits per heavy atom. The molecule has 1 unspecified atom stereocenters. The molecule has 3 N–H and O–H groups in total. The maximum atomic E-state index is 12.5. The summed E-state index contributed by atoms with van der Waals surface area (Å²) in [7, 11) is 0. The van der Waals surface area contributed by atoms with Crippen molar-refractivity contribution in [3.63, 3.8) is 0 Å². The number of amides is 1. The number of aliphatic hydroxyl groups is 1. The van der Waals surface area contributed by atoms with E-state index < -0.39 is 5.41 Å². The Morgan fingerprint density at radius 2 is 2.09 bits per heavy atom. The zero-order valence-electron chi connectivity index (χ0n) is 13.8. The van der Waals surface area contributed by atoms with Crippen LogP contribution in [-0.2, 0) is 0 Å². The summed E-state index contributed by atoms with van der Waals surface area (Å²) in [6.07, 6.45) is 3.35. The second kappa shape index (κ2) is 6.04. The SMILES string of the molecule is CC(C)c1cnc2[nH]cc(C(=O)NC(C)C(C)(C)CO)c2n1. The van der Waals surface area contributed by atoms with Gasteiger partial charge in [-0.2, -0.15) is 0 Å². The molecule has 0 bridgehead atoms. The zero-order chi connectivity index (χ0) is 16.5. The molecular formula is C16H24N4O2. The van der Waals surface area contributed by atoms with Gasteiger partial charge < -0.3 is 15.4 Å². The number of fused-ring (bicyclic) bond motifs is 1. The first-order valence-electron chi connectivity index (χ1n) is 7.52. The van der Waals surface area contributed by atoms with Crippen LogP contribution in [0.3, 0.4) is 0 Å². The first-order valence-corrected chi connectivity index (χ1v) is 7.52. The van der Waals surface area contributed by atoms with Crippen molar-refractivity contribution in [1.82, 2.24) is 20.3 Å². The molecule has 0 aromatic carbocycles. The minimum atomic E-state index is -0.392. The van der Waals surface area contributed by atoms with Gasteiger partial charge in [-0.05, 0) is 12.8 Å². The minimum Gasteiger partial charge on any atom is -0.396 e. The number of hydrogen-bond donors (Lipinski definition) is 3. The van der Waals surface area contributed by atoms with Crippen LogP contribution in [0.15, 0.2) is 12.4 Å². The smallest absolute Gasteiger partial charge is 0.255 e. The first-order chi connectivity index (χ1) is 10.3. The molecule has 0 spiro atoms. The maximum Gasteiger partial charge on any atom is 0.255 e. The molecule has 0 saturated heterocycles. The molecule has 0 radical (unpaired) electrons. The fourth-order valence-electron chi connectivity index (χ4n) is 1.96. The highest BCUT2D eigenvalue weighted by Crippen LogP contribution is 2.21. The predicted molar refractivity (Wildman–Crippen MR) is 85.8 cm³/mol. The summed E-state index contributed by atoms with van der Waals surface area (Å²) in [5.41, 5.74) is 2.12. The Bertz CT molecular complexity index is 676. The van der Waals surface area contributed by atoms with Crippen molar-refractivity contribution in [2.75, 3.05) is 6.61 Å². The lowest BCUT2D eigenvalue weighted by Gasteiger charge is -2.30. The van der Waals surface area contributed by atoms with E-state index >= 15 is 0 Å². The molecule has 0 saturated carbocycles.